The topological polar surface area (TPSA) is 55.4 Å². The average molecular weight is 277 g/mol. The van der Waals surface area contributed by atoms with Crippen LogP contribution in [0.25, 0.3) is 0 Å². The number of Topliss-reactive ketones (excluding diaryl/α,β-unsaturated/α-hetero) is 1. The molecule has 4 heteroatoms. The van der Waals surface area contributed by atoms with Crippen LogP contribution in [0.15, 0.2) is 24.3 Å². The number of carbonyl (C=O) groups is 2. The van der Waals surface area contributed by atoms with Gasteiger partial charge in [-0.05, 0) is 40.2 Å². The Morgan fingerprint density at radius 1 is 1.30 bits per heavy atom. The molecule has 0 saturated heterocycles. The van der Waals surface area contributed by atoms with Crippen LogP contribution in [0.2, 0.25) is 0 Å². The van der Waals surface area contributed by atoms with Gasteiger partial charge in [0, 0.05) is 6.42 Å². The van der Waals surface area contributed by atoms with E-state index in [0.717, 1.165) is 11.1 Å². The summed E-state index contributed by atoms with van der Waals surface area (Å²) in [4.78, 5) is 23.3. The molecule has 1 atom stereocenters. The first kappa shape index (κ1) is 16.2. The van der Waals surface area contributed by atoms with Crippen molar-refractivity contribution in [1.82, 2.24) is 5.32 Å². The maximum atomic E-state index is 11.9. The van der Waals surface area contributed by atoms with Crippen LogP contribution in [0.5, 0.6) is 0 Å². The van der Waals surface area contributed by atoms with Gasteiger partial charge in [0.05, 0.1) is 6.04 Å². The van der Waals surface area contributed by atoms with Crippen LogP contribution in [-0.4, -0.2) is 17.5 Å². The molecule has 0 aliphatic heterocycles. The fourth-order valence-corrected chi connectivity index (χ4v) is 1.88. The first-order valence-electron chi connectivity index (χ1n) is 6.73. The minimum absolute atomic E-state index is 0.0209. The minimum atomic E-state index is -0.558. The Morgan fingerprint density at radius 3 is 2.45 bits per heavy atom. The van der Waals surface area contributed by atoms with E-state index in [1.54, 1.807) is 20.8 Å². The second kappa shape index (κ2) is 6.55. The van der Waals surface area contributed by atoms with Gasteiger partial charge in [0.25, 0.3) is 0 Å². The third-order valence-electron chi connectivity index (χ3n) is 2.63. The number of benzene rings is 1. The van der Waals surface area contributed by atoms with E-state index < -0.39 is 11.7 Å². The molecule has 0 radical (unpaired) electrons. The second-order valence-electron chi connectivity index (χ2n) is 6.02. The van der Waals surface area contributed by atoms with Crippen molar-refractivity contribution in [3.8, 4) is 0 Å². The van der Waals surface area contributed by atoms with Crippen molar-refractivity contribution in [2.75, 3.05) is 0 Å². The van der Waals surface area contributed by atoms with Crippen LogP contribution in [0.4, 0.5) is 4.79 Å². The summed E-state index contributed by atoms with van der Waals surface area (Å²) in [5.41, 5.74) is 1.44. The van der Waals surface area contributed by atoms with Gasteiger partial charge >= 0.3 is 6.09 Å². The van der Waals surface area contributed by atoms with Crippen molar-refractivity contribution >= 4 is 11.9 Å². The van der Waals surface area contributed by atoms with Crippen molar-refractivity contribution in [2.45, 2.75) is 52.7 Å². The van der Waals surface area contributed by atoms with Crippen LogP contribution < -0.4 is 5.32 Å². The summed E-state index contributed by atoms with van der Waals surface area (Å²) in [5.74, 6) is 0.0209. The smallest absolute Gasteiger partial charge is 0.408 e. The fourth-order valence-electron chi connectivity index (χ4n) is 1.88. The van der Waals surface area contributed by atoms with Crippen LogP contribution in [-0.2, 0) is 9.53 Å². The van der Waals surface area contributed by atoms with Gasteiger partial charge in [-0.1, -0.05) is 29.8 Å². The van der Waals surface area contributed by atoms with E-state index in [9.17, 15) is 9.59 Å². The number of ether oxygens (including phenoxy) is 1. The van der Waals surface area contributed by atoms with Crippen molar-refractivity contribution in [3.05, 3.63) is 35.4 Å². The zero-order chi connectivity index (χ0) is 15.3. The Balaban J connectivity index is 2.85. The predicted octanol–water partition coefficient (Wildman–Crippen LogP) is 3.54. The lowest BCUT2D eigenvalue weighted by Crippen LogP contribution is -2.35. The number of aryl methyl sites for hydroxylation is 1. The molecule has 0 spiro atoms. The average Bonchev–Trinajstić information content (AvgIpc) is 2.24. The SMILES string of the molecule is CC(=O)CC(NC(=O)OC(C)(C)C)c1cccc(C)c1. The summed E-state index contributed by atoms with van der Waals surface area (Å²) in [6.45, 7) is 8.90. The van der Waals surface area contributed by atoms with Crippen LogP contribution in [0, 0.1) is 6.92 Å². The van der Waals surface area contributed by atoms with E-state index in [0.29, 0.717) is 0 Å². The number of hydrogen-bond donors (Lipinski definition) is 1. The van der Waals surface area contributed by atoms with E-state index in [1.165, 1.54) is 6.92 Å². The highest BCUT2D eigenvalue weighted by Crippen LogP contribution is 2.19. The molecule has 0 aromatic heterocycles. The molecule has 0 saturated carbocycles. The third-order valence-corrected chi connectivity index (χ3v) is 2.63. The Bertz CT molecular complexity index is 489. The lowest BCUT2D eigenvalue weighted by atomic mass is 10.0. The van der Waals surface area contributed by atoms with E-state index >= 15 is 0 Å². The minimum Gasteiger partial charge on any atom is -0.444 e. The fraction of sp³-hybridized carbons (Fsp3) is 0.500. The molecule has 1 N–H and O–H groups in total. The van der Waals surface area contributed by atoms with Crippen molar-refractivity contribution in [2.24, 2.45) is 0 Å². The molecule has 0 aliphatic carbocycles. The first-order valence-corrected chi connectivity index (χ1v) is 6.73. The molecule has 1 aromatic rings. The van der Waals surface area contributed by atoms with Gasteiger partial charge in [-0.15, -0.1) is 0 Å². The Hall–Kier alpha value is -1.84. The Morgan fingerprint density at radius 2 is 1.95 bits per heavy atom. The molecule has 1 aromatic carbocycles. The van der Waals surface area contributed by atoms with E-state index in [-0.39, 0.29) is 18.2 Å². The predicted molar refractivity (Wildman–Crippen MR) is 78.6 cm³/mol. The van der Waals surface area contributed by atoms with Gasteiger partial charge in [0.2, 0.25) is 0 Å². The van der Waals surface area contributed by atoms with Gasteiger partial charge in [0.1, 0.15) is 11.4 Å². The van der Waals surface area contributed by atoms with Crippen molar-refractivity contribution in [1.29, 1.82) is 0 Å². The zero-order valence-corrected chi connectivity index (χ0v) is 12.8. The number of nitrogens with one attached hydrogen (secondary N) is 1. The Labute approximate surface area is 120 Å². The number of alkyl carbamates (subject to hydrolysis) is 1. The first-order chi connectivity index (χ1) is 9.17. The molecule has 1 amide bonds. The van der Waals surface area contributed by atoms with Gasteiger partial charge in [-0.25, -0.2) is 4.79 Å². The maximum Gasteiger partial charge on any atom is 0.408 e. The molecule has 20 heavy (non-hydrogen) atoms. The molecule has 110 valence electrons. The lowest BCUT2D eigenvalue weighted by molar-refractivity contribution is -0.117. The van der Waals surface area contributed by atoms with Crippen molar-refractivity contribution < 1.29 is 14.3 Å². The van der Waals surface area contributed by atoms with Gasteiger partial charge in [-0.2, -0.15) is 0 Å². The van der Waals surface area contributed by atoms with Crippen LogP contribution >= 0.6 is 0 Å². The number of carbonyl (C=O) groups excluding carboxylic acids is 2. The molecule has 0 aliphatic rings. The molecular formula is C16H23NO3. The highest BCUT2D eigenvalue weighted by Gasteiger charge is 2.21. The number of amides is 1. The summed E-state index contributed by atoms with van der Waals surface area (Å²) in [7, 11) is 0. The van der Waals surface area contributed by atoms with Gasteiger partial charge in [-0.3, -0.25) is 4.79 Å². The molecular weight excluding hydrogens is 254 g/mol. The molecule has 0 bridgehead atoms. The second-order valence-corrected chi connectivity index (χ2v) is 6.02. The highest BCUT2D eigenvalue weighted by molar-refractivity contribution is 5.77. The summed E-state index contributed by atoms with van der Waals surface area (Å²) in [6.07, 6.45) is -0.256. The van der Waals surface area contributed by atoms with Crippen LogP contribution in [0.1, 0.15) is 51.3 Å². The van der Waals surface area contributed by atoms with E-state index in [1.807, 2.05) is 31.2 Å². The highest BCUT2D eigenvalue weighted by atomic mass is 16.6. The monoisotopic (exact) mass is 277 g/mol. The third kappa shape index (κ3) is 5.87. The van der Waals surface area contributed by atoms with Crippen molar-refractivity contribution in [3.63, 3.8) is 0 Å². The van der Waals surface area contributed by atoms with E-state index in [2.05, 4.69) is 5.32 Å². The van der Waals surface area contributed by atoms with E-state index in [4.69, 9.17) is 4.74 Å². The van der Waals surface area contributed by atoms with Crippen LogP contribution in [0.3, 0.4) is 0 Å². The maximum absolute atomic E-state index is 11.9. The molecule has 4 nitrogen and oxygen atoms in total. The summed E-state index contributed by atoms with van der Waals surface area (Å²) in [5, 5.41) is 2.77. The summed E-state index contributed by atoms with van der Waals surface area (Å²) >= 11 is 0. The largest absolute Gasteiger partial charge is 0.444 e. The standard InChI is InChI=1S/C16H23NO3/c1-11-7-6-8-13(9-11)14(10-12(2)18)17-15(19)20-16(3,4)5/h6-9,14H,10H2,1-5H3,(H,17,19). The molecule has 1 unspecified atom stereocenters. The summed E-state index contributed by atoms with van der Waals surface area (Å²) < 4.78 is 5.24. The quantitative estimate of drug-likeness (QED) is 0.915. The Kier molecular flexibility index (Phi) is 5.31. The molecule has 0 heterocycles. The van der Waals surface area contributed by atoms with Gasteiger partial charge in [0.15, 0.2) is 0 Å². The normalized spacial score (nSPS) is 12.7. The van der Waals surface area contributed by atoms with Gasteiger partial charge < -0.3 is 10.1 Å². The lowest BCUT2D eigenvalue weighted by Gasteiger charge is -2.23. The summed E-state index contributed by atoms with van der Waals surface area (Å²) in [6, 6.07) is 7.39. The number of rotatable bonds is 4. The zero-order valence-electron chi connectivity index (χ0n) is 12.8. The molecule has 0 fully saturated rings. The molecule has 1 rings (SSSR count). The number of hydrogen-bond acceptors (Lipinski definition) is 3. The number of ketones is 1.